The zero-order chi connectivity index (χ0) is 23.8. The maximum atomic E-state index is 14.7. The van der Waals surface area contributed by atoms with Gasteiger partial charge in [-0.3, -0.25) is 9.69 Å². The third-order valence-electron chi connectivity index (χ3n) is 6.04. The summed E-state index contributed by atoms with van der Waals surface area (Å²) in [6, 6.07) is 20.5. The lowest BCUT2D eigenvalue weighted by molar-refractivity contribution is -0.120. The zero-order valence-electron chi connectivity index (χ0n) is 19.5. The molecule has 1 amide bonds. The molecule has 6 nitrogen and oxygen atoms in total. The van der Waals surface area contributed by atoms with Gasteiger partial charge in [-0.05, 0) is 29.8 Å². The molecule has 1 saturated heterocycles. The quantitative estimate of drug-likeness (QED) is 0.494. The number of hydrogen-bond acceptors (Lipinski definition) is 5. The molecule has 178 valence electrons. The van der Waals surface area contributed by atoms with Crippen molar-refractivity contribution < 1.29 is 13.9 Å². The van der Waals surface area contributed by atoms with E-state index in [4.69, 9.17) is 4.74 Å². The van der Waals surface area contributed by atoms with E-state index >= 15 is 0 Å². The Labute approximate surface area is 200 Å². The van der Waals surface area contributed by atoms with Crippen LogP contribution in [0.2, 0.25) is 0 Å². The molecular formula is C27H31FN4O2. The number of rotatable bonds is 9. The average Bonchev–Trinajstić information content (AvgIpc) is 2.85. The Morgan fingerprint density at radius 2 is 1.71 bits per heavy atom. The summed E-state index contributed by atoms with van der Waals surface area (Å²) in [7, 11) is 2.12. The summed E-state index contributed by atoms with van der Waals surface area (Å²) < 4.78 is 20.3. The Bertz CT molecular complexity index is 1070. The number of carbonyl (C=O) groups excluding carboxylic acids is 1. The first-order valence-corrected chi connectivity index (χ1v) is 11.7. The van der Waals surface area contributed by atoms with Crippen molar-refractivity contribution in [2.45, 2.75) is 13.0 Å². The summed E-state index contributed by atoms with van der Waals surface area (Å²) in [6.45, 7) is 5.93. The Morgan fingerprint density at radius 1 is 0.971 bits per heavy atom. The molecule has 3 aromatic rings. The molecule has 2 aromatic carbocycles. The van der Waals surface area contributed by atoms with Crippen molar-refractivity contribution in [2.75, 3.05) is 46.4 Å². The van der Waals surface area contributed by atoms with Crippen molar-refractivity contribution in [2.24, 2.45) is 0 Å². The summed E-state index contributed by atoms with van der Waals surface area (Å²) in [5.41, 5.74) is 3.04. The largest absolute Gasteiger partial charge is 0.476 e. The number of nitrogens with one attached hydrogen (secondary N) is 1. The van der Waals surface area contributed by atoms with Gasteiger partial charge in [-0.15, -0.1) is 0 Å². The minimum absolute atomic E-state index is 0.0532. The van der Waals surface area contributed by atoms with Gasteiger partial charge in [-0.2, -0.15) is 9.37 Å². The molecule has 1 N–H and O–H groups in total. The lowest BCUT2D eigenvalue weighted by atomic mass is 10.0. The predicted octanol–water partition coefficient (Wildman–Crippen LogP) is 3.37. The summed E-state index contributed by atoms with van der Waals surface area (Å²) in [6.07, 6.45) is 0.272. The number of amides is 1. The van der Waals surface area contributed by atoms with Crippen LogP contribution in [-0.4, -0.2) is 67.1 Å². The van der Waals surface area contributed by atoms with Crippen LogP contribution in [0.4, 0.5) is 4.39 Å². The molecular weight excluding hydrogens is 431 g/mol. The Morgan fingerprint density at radius 3 is 2.41 bits per heavy atom. The third kappa shape index (κ3) is 6.85. The maximum absolute atomic E-state index is 14.7. The van der Waals surface area contributed by atoms with Gasteiger partial charge in [-0.25, -0.2) is 0 Å². The molecule has 0 bridgehead atoms. The topological polar surface area (TPSA) is 57.7 Å². The van der Waals surface area contributed by atoms with E-state index in [2.05, 4.69) is 27.1 Å². The minimum atomic E-state index is -0.564. The molecule has 1 aliphatic rings. The van der Waals surface area contributed by atoms with Crippen LogP contribution < -0.4 is 10.1 Å². The molecule has 0 aliphatic carbocycles. The van der Waals surface area contributed by atoms with E-state index in [0.717, 1.165) is 43.9 Å². The van der Waals surface area contributed by atoms with Crippen LogP contribution in [0.25, 0.3) is 11.1 Å². The van der Waals surface area contributed by atoms with E-state index in [0.29, 0.717) is 30.2 Å². The van der Waals surface area contributed by atoms with E-state index in [1.54, 1.807) is 12.1 Å². The summed E-state index contributed by atoms with van der Waals surface area (Å²) >= 11 is 0. The summed E-state index contributed by atoms with van der Waals surface area (Å²) in [5, 5.41) is 2.92. The summed E-state index contributed by atoms with van der Waals surface area (Å²) in [5.74, 6) is -0.324. The Balaban J connectivity index is 1.26. The zero-order valence-corrected chi connectivity index (χ0v) is 19.5. The SMILES string of the molecule is CN1CCN(CCOc2ccc(-c3ccc(CC(=O)NCc4ccccc4)cc3)c(F)n2)CC1. The number of piperazine rings is 1. The number of pyridine rings is 1. The number of aromatic nitrogens is 1. The van der Waals surface area contributed by atoms with E-state index < -0.39 is 5.95 Å². The van der Waals surface area contributed by atoms with Gasteiger partial charge < -0.3 is 15.0 Å². The van der Waals surface area contributed by atoms with E-state index in [1.165, 1.54) is 0 Å². The van der Waals surface area contributed by atoms with Gasteiger partial charge in [0.05, 0.1) is 6.42 Å². The van der Waals surface area contributed by atoms with Crippen LogP contribution in [0.15, 0.2) is 66.7 Å². The van der Waals surface area contributed by atoms with Crippen LogP contribution in [0, 0.1) is 5.95 Å². The normalized spacial score (nSPS) is 14.6. The number of halogens is 1. The molecule has 2 heterocycles. The molecule has 4 rings (SSSR count). The Hall–Kier alpha value is -3.29. The highest BCUT2D eigenvalue weighted by Crippen LogP contribution is 2.24. The molecule has 7 heteroatoms. The van der Waals surface area contributed by atoms with Gasteiger partial charge in [0, 0.05) is 50.9 Å². The molecule has 1 aliphatic heterocycles. The predicted molar refractivity (Wildman–Crippen MR) is 131 cm³/mol. The van der Waals surface area contributed by atoms with Crippen molar-refractivity contribution in [3.8, 4) is 17.0 Å². The molecule has 1 aromatic heterocycles. The fraction of sp³-hybridized carbons (Fsp3) is 0.333. The first-order chi connectivity index (χ1) is 16.6. The summed E-state index contributed by atoms with van der Waals surface area (Å²) in [4.78, 5) is 20.9. The highest BCUT2D eigenvalue weighted by atomic mass is 19.1. The van der Waals surface area contributed by atoms with Gasteiger partial charge >= 0.3 is 0 Å². The fourth-order valence-corrected chi connectivity index (χ4v) is 3.91. The lowest BCUT2D eigenvalue weighted by Crippen LogP contribution is -2.45. The smallest absolute Gasteiger partial charge is 0.224 e. The van der Waals surface area contributed by atoms with Crippen LogP contribution in [0.3, 0.4) is 0 Å². The van der Waals surface area contributed by atoms with E-state index in [1.807, 2.05) is 54.6 Å². The molecule has 0 radical (unpaired) electrons. The lowest BCUT2D eigenvalue weighted by Gasteiger charge is -2.32. The van der Waals surface area contributed by atoms with Crippen LogP contribution in [0.5, 0.6) is 5.88 Å². The van der Waals surface area contributed by atoms with Gasteiger partial charge in [0.15, 0.2) is 0 Å². The van der Waals surface area contributed by atoms with Gasteiger partial charge in [-0.1, -0.05) is 54.6 Å². The molecule has 0 spiro atoms. The monoisotopic (exact) mass is 462 g/mol. The van der Waals surface area contributed by atoms with Crippen LogP contribution in [0.1, 0.15) is 11.1 Å². The maximum Gasteiger partial charge on any atom is 0.224 e. The first kappa shape index (κ1) is 23.9. The molecule has 0 unspecified atom stereocenters. The van der Waals surface area contributed by atoms with Crippen molar-refractivity contribution in [3.05, 3.63) is 83.8 Å². The number of benzene rings is 2. The van der Waals surface area contributed by atoms with E-state index in [9.17, 15) is 9.18 Å². The molecule has 34 heavy (non-hydrogen) atoms. The molecule has 0 atom stereocenters. The second-order valence-electron chi connectivity index (χ2n) is 8.62. The Kier molecular flexibility index (Phi) is 8.22. The number of ether oxygens (including phenoxy) is 1. The fourth-order valence-electron chi connectivity index (χ4n) is 3.91. The standard InChI is InChI=1S/C27H31FN4O2/c1-31-13-15-32(16-14-31)17-18-34-26-12-11-24(27(28)30-26)23-9-7-21(8-10-23)19-25(33)29-20-22-5-3-2-4-6-22/h2-12H,13-20H2,1H3,(H,29,33). The van der Waals surface area contributed by atoms with E-state index in [-0.39, 0.29) is 12.3 Å². The van der Waals surface area contributed by atoms with Gasteiger partial charge in [0.25, 0.3) is 0 Å². The van der Waals surface area contributed by atoms with Gasteiger partial charge in [0.2, 0.25) is 17.7 Å². The number of carbonyl (C=O) groups is 1. The van der Waals surface area contributed by atoms with Gasteiger partial charge in [0.1, 0.15) is 6.61 Å². The molecule has 0 saturated carbocycles. The van der Waals surface area contributed by atoms with Crippen molar-refractivity contribution in [1.29, 1.82) is 0 Å². The van der Waals surface area contributed by atoms with Crippen LogP contribution in [-0.2, 0) is 17.8 Å². The van der Waals surface area contributed by atoms with Crippen molar-refractivity contribution >= 4 is 5.91 Å². The highest BCUT2D eigenvalue weighted by Gasteiger charge is 2.14. The van der Waals surface area contributed by atoms with Crippen LogP contribution >= 0.6 is 0 Å². The number of nitrogens with zero attached hydrogens (tertiary/aromatic N) is 3. The number of likely N-dealkylation sites (N-methyl/N-ethyl adjacent to an activating group) is 1. The first-order valence-electron chi connectivity index (χ1n) is 11.7. The minimum Gasteiger partial charge on any atom is -0.476 e. The van der Waals surface area contributed by atoms with Crippen molar-refractivity contribution in [1.82, 2.24) is 20.1 Å². The highest BCUT2D eigenvalue weighted by molar-refractivity contribution is 5.78. The molecule has 1 fully saturated rings. The number of hydrogen-bond donors (Lipinski definition) is 1. The average molecular weight is 463 g/mol. The second-order valence-corrected chi connectivity index (χ2v) is 8.62. The second kappa shape index (κ2) is 11.7. The van der Waals surface area contributed by atoms with Crippen molar-refractivity contribution in [3.63, 3.8) is 0 Å². The third-order valence-corrected chi connectivity index (χ3v) is 6.04.